The van der Waals surface area contributed by atoms with Gasteiger partial charge in [0.15, 0.2) is 0 Å². The highest BCUT2D eigenvalue weighted by atomic mass is 16.5. The lowest BCUT2D eigenvalue weighted by Gasteiger charge is -2.43. The number of likely N-dealkylation sites (tertiary alicyclic amines) is 1. The molecule has 1 aromatic heterocycles. The Morgan fingerprint density at radius 2 is 2.25 bits per heavy atom. The summed E-state index contributed by atoms with van der Waals surface area (Å²) in [6.07, 6.45) is 7.85. The average Bonchev–Trinajstić information content (AvgIpc) is 2.96. The zero-order valence-corrected chi connectivity index (χ0v) is 14.4. The van der Waals surface area contributed by atoms with Gasteiger partial charge in [0.05, 0.1) is 18.3 Å². The van der Waals surface area contributed by atoms with E-state index in [-0.39, 0.29) is 18.1 Å². The summed E-state index contributed by atoms with van der Waals surface area (Å²) >= 11 is 0. The van der Waals surface area contributed by atoms with Gasteiger partial charge in [-0.15, -0.1) is 0 Å². The summed E-state index contributed by atoms with van der Waals surface area (Å²) in [7, 11) is 1.85. The molecule has 3 aliphatic rings. The molecule has 2 aliphatic heterocycles. The van der Waals surface area contributed by atoms with Crippen molar-refractivity contribution >= 4 is 5.91 Å². The van der Waals surface area contributed by atoms with Crippen molar-refractivity contribution in [2.24, 2.45) is 5.92 Å². The first-order valence-electron chi connectivity index (χ1n) is 9.25. The molecule has 4 rings (SSSR count). The number of fused-ring (bicyclic) bond motifs is 1. The van der Waals surface area contributed by atoms with Crippen LogP contribution in [0.4, 0.5) is 0 Å². The van der Waals surface area contributed by atoms with Gasteiger partial charge in [-0.25, -0.2) is 0 Å². The molecule has 3 atom stereocenters. The molecule has 3 heterocycles. The van der Waals surface area contributed by atoms with Crippen LogP contribution in [0.5, 0.6) is 0 Å². The van der Waals surface area contributed by atoms with Crippen LogP contribution in [0, 0.1) is 5.92 Å². The predicted molar refractivity (Wildman–Crippen MR) is 91.3 cm³/mol. The summed E-state index contributed by atoms with van der Waals surface area (Å²) < 4.78 is 6.18. The fourth-order valence-corrected chi connectivity index (χ4v) is 4.26. The van der Waals surface area contributed by atoms with Crippen molar-refractivity contribution in [1.29, 1.82) is 0 Å². The number of amides is 1. The fraction of sp³-hybridized carbons (Fsp3) is 0.684. The zero-order chi connectivity index (χ0) is 16.5. The number of hydrogen-bond donors (Lipinski definition) is 0. The number of hydrogen-bond acceptors (Lipinski definition) is 4. The van der Waals surface area contributed by atoms with E-state index in [4.69, 9.17) is 4.74 Å². The third-order valence-corrected chi connectivity index (χ3v) is 5.95. The number of carbonyl (C=O) groups is 1. The van der Waals surface area contributed by atoms with E-state index in [9.17, 15) is 4.79 Å². The van der Waals surface area contributed by atoms with Crippen LogP contribution in [0.3, 0.4) is 0 Å². The van der Waals surface area contributed by atoms with E-state index in [1.807, 2.05) is 25.2 Å². The first kappa shape index (κ1) is 16.0. The number of carbonyl (C=O) groups excluding carboxylic acids is 1. The van der Waals surface area contributed by atoms with Crippen molar-refractivity contribution in [3.05, 3.63) is 30.1 Å². The predicted octanol–water partition coefficient (Wildman–Crippen LogP) is 2.07. The van der Waals surface area contributed by atoms with Crippen LogP contribution in [-0.2, 0) is 16.1 Å². The van der Waals surface area contributed by atoms with Crippen LogP contribution >= 0.6 is 0 Å². The summed E-state index contributed by atoms with van der Waals surface area (Å²) in [6.45, 7) is 2.74. The molecule has 5 heteroatoms. The minimum absolute atomic E-state index is 0.102. The molecule has 24 heavy (non-hydrogen) atoms. The molecule has 0 N–H and O–H groups in total. The number of ether oxygens (including phenoxy) is 1. The Kier molecular flexibility index (Phi) is 4.55. The molecule has 0 radical (unpaired) electrons. The summed E-state index contributed by atoms with van der Waals surface area (Å²) in [6, 6.07) is 6.58. The van der Waals surface area contributed by atoms with E-state index in [1.54, 1.807) is 11.1 Å². The average molecular weight is 329 g/mol. The van der Waals surface area contributed by atoms with E-state index >= 15 is 0 Å². The normalized spacial score (nSPS) is 30.6. The number of nitrogens with zero attached hydrogens (tertiary/aromatic N) is 3. The second-order valence-corrected chi connectivity index (χ2v) is 7.54. The van der Waals surface area contributed by atoms with Crippen LogP contribution in [0.1, 0.15) is 37.8 Å². The molecule has 130 valence electrons. The molecule has 2 saturated heterocycles. The van der Waals surface area contributed by atoms with Gasteiger partial charge in [-0.05, 0) is 50.3 Å². The Bertz CT molecular complexity index is 575. The molecule has 1 aromatic rings. The minimum Gasteiger partial charge on any atom is -0.364 e. The molecule has 3 fully saturated rings. The van der Waals surface area contributed by atoms with E-state index in [1.165, 1.54) is 32.2 Å². The molecular weight excluding hydrogens is 302 g/mol. The highest BCUT2D eigenvalue weighted by Crippen LogP contribution is 2.37. The first-order chi connectivity index (χ1) is 11.7. The van der Waals surface area contributed by atoms with Gasteiger partial charge in [0.2, 0.25) is 0 Å². The number of piperidine rings is 1. The summed E-state index contributed by atoms with van der Waals surface area (Å²) in [5.41, 5.74) is 0.917. The van der Waals surface area contributed by atoms with Gasteiger partial charge in [-0.2, -0.15) is 0 Å². The topological polar surface area (TPSA) is 45.7 Å². The largest absolute Gasteiger partial charge is 0.364 e. The third-order valence-electron chi connectivity index (χ3n) is 5.95. The van der Waals surface area contributed by atoms with Gasteiger partial charge in [0.1, 0.15) is 6.10 Å². The maximum absolute atomic E-state index is 12.7. The van der Waals surface area contributed by atoms with Crippen LogP contribution in [0.15, 0.2) is 24.4 Å². The van der Waals surface area contributed by atoms with Crippen LogP contribution in [-0.4, -0.2) is 59.1 Å². The van der Waals surface area contributed by atoms with Crippen molar-refractivity contribution in [3.63, 3.8) is 0 Å². The highest BCUT2D eigenvalue weighted by Gasteiger charge is 2.44. The molecule has 1 saturated carbocycles. The number of rotatable bonds is 4. The lowest BCUT2D eigenvalue weighted by atomic mass is 9.86. The van der Waals surface area contributed by atoms with Gasteiger partial charge < -0.3 is 9.64 Å². The Balaban J connectivity index is 1.33. The van der Waals surface area contributed by atoms with Crippen molar-refractivity contribution < 1.29 is 9.53 Å². The highest BCUT2D eigenvalue weighted by molar-refractivity contribution is 5.81. The van der Waals surface area contributed by atoms with Crippen molar-refractivity contribution in [1.82, 2.24) is 14.8 Å². The van der Waals surface area contributed by atoms with E-state index in [0.717, 1.165) is 24.7 Å². The van der Waals surface area contributed by atoms with E-state index in [2.05, 4.69) is 9.88 Å². The van der Waals surface area contributed by atoms with Crippen LogP contribution in [0.25, 0.3) is 0 Å². The minimum atomic E-state index is -0.268. The number of pyridine rings is 1. The standard InChI is InChI=1S/C19H27N3O2/c1-21(12-15-5-2-3-9-20-15)19(23)17-11-14-8-10-22(13-18(14)24-17)16-6-4-7-16/h2-3,5,9,14,16-18H,4,6-8,10-13H2,1H3/t14-,17+,18-/m0/s1. The lowest BCUT2D eigenvalue weighted by molar-refractivity contribution is -0.143. The van der Waals surface area contributed by atoms with E-state index in [0.29, 0.717) is 12.5 Å². The first-order valence-corrected chi connectivity index (χ1v) is 9.25. The second-order valence-electron chi connectivity index (χ2n) is 7.54. The lowest BCUT2D eigenvalue weighted by Crippen LogP contribution is -2.49. The summed E-state index contributed by atoms with van der Waals surface area (Å²) in [5, 5.41) is 0. The molecule has 0 bridgehead atoms. The quantitative estimate of drug-likeness (QED) is 0.848. The zero-order valence-electron chi connectivity index (χ0n) is 14.4. The van der Waals surface area contributed by atoms with Gasteiger partial charge in [-0.3, -0.25) is 14.7 Å². The molecule has 1 aliphatic carbocycles. The SMILES string of the molecule is CN(Cc1ccccn1)C(=O)[C@H]1C[C@@H]2CCN(C3CCC3)C[C@@H]2O1. The fourth-order valence-electron chi connectivity index (χ4n) is 4.26. The Hall–Kier alpha value is -1.46. The third kappa shape index (κ3) is 3.20. The Labute approximate surface area is 144 Å². The summed E-state index contributed by atoms with van der Waals surface area (Å²) in [5.74, 6) is 0.656. The Morgan fingerprint density at radius 3 is 2.96 bits per heavy atom. The van der Waals surface area contributed by atoms with Gasteiger partial charge >= 0.3 is 0 Å². The maximum atomic E-state index is 12.7. The van der Waals surface area contributed by atoms with Crippen molar-refractivity contribution in [2.75, 3.05) is 20.1 Å². The number of likely N-dealkylation sites (N-methyl/N-ethyl adjacent to an activating group) is 1. The maximum Gasteiger partial charge on any atom is 0.251 e. The van der Waals surface area contributed by atoms with Crippen molar-refractivity contribution in [2.45, 2.75) is 56.9 Å². The second kappa shape index (κ2) is 6.81. The molecule has 5 nitrogen and oxygen atoms in total. The van der Waals surface area contributed by atoms with E-state index < -0.39 is 0 Å². The van der Waals surface area contributed by atoms with Crippen LogP contribution in [0.2, 0.25) is 0 Å². The monoisotopic (exact) mass is 329 g/mol. The molecule has 0 unspecified atom stereocenters. The molecule has 0 spiro atoms. The van der Waals surface area contributed by atoms with Gasteiger partial charge in [0, 0.05) is 25.8 Å². The molecular formula is C19H27N3O2. The smallest absolute Gasteiger partial charge is 0.251 e. The van der Waals surface area contributed by atoms with Crippen molar-refractivity contribution in [3.8, 4) is 0 Å². The summed E-state index contributed by atoms with van der Waals surface area (Å²) in [4.78, 5) is 21.4. The van der Waals surface area contributed by atoms with Crippen LogP contribution < -0.4 is 0 Å². The Morgan fingerprint density at radius 1 is 1.38 bits per heavy atom. The molecule has 0 aromatic carbocycles. The number of aromatic nitrogens is 1. The van der Waals surface area contributed by atoms with Gasteiger partial charge in [-0.1, -0.05) is 12.5 Å². The van der Waals surface area contributed by atoms with Gasteiger partial charge in [0.25, 0.3) is 5.91 Å². The molecule has 1 amide bonds.